The Bertz CT molecular complexity index is 375. The van der Waals surface area contributed by atoms with E-state index in [0.717, 1.165) is 16.1 Å². The predicted molar refractivity (Wildman–Crippen MR) is 75.5 cm³/mol. The van der Waals surface area contributed by atoms with Gasteiger partial charge in [-0.25, -0.2) is 0 Å². The monoisotopic (exact) mass is 296 g/mol. The topological polar surface area (TPSA) is 9.23 Å². The van der Waals surface area contributed by atoms with Gasteiger partial charge in [-0.15, -0.1) is 0 Å². The van der Waals surface area contributed by atoms with Crippen molar-refractivity contribution in [3.8, 4) is 5.75 Å². The van der Waals surface area contributed by atoms with E-state index in [4.69, 9.17) is 4.74 Å². The van der Waals surface area contributed by atoms with Crippen LogP contribution in [-0.4, -0.2) is 6.10 Å². The fraction of sp³-hybridized carbons (Fsp3) is 0.600. The first-order chi connectivity index (χ1) is 8.20. The van der Waals surface area contributed by atoms with Crippen LogP contribution in [0, 0.1) is 12.8 Å². The lowest BCUT2D eigenvalue weighted by Gasteiger charge is -2.31. The molecule has 0 heterocycles. The van der Waals surface area contributed by atoms with Gasteiger partial charge in [0.2, 0.25) is 0 Å². The number of hydrogen-bond acceptors (Lipinski definition) is 1. The summed E-state index contributed by atoms with van der Waals surface area (Å²) in [5.41, 5.74) is 1.23. The molecule has 2 heteroatoms. The van der Waals surface area contributed by atoms with E-state index >= 15 is 0 Å². The van der Waals surface area contributed by atoms with Gasteiger partial charge in [-0.3, -0.25) is 0 Å². The molecule has 0 bridgehead atoms. The number of ether oxygens (including phenoxy) is 1. The Balaban J connectivity index is 2.10. The summed E-state index contributed by atoms with van der Waals surface area (Å²) >= 11 is 3.51. The minimum Gasteiger partial charge on any atom is -0.490 e. The molecule has 0 amide bonds. The zero-order chi connectivity index (χ0) is 12.3. The van der Waals surface area contributed by atoms with Crippen LogP contribution in [0.15, 0.2) is 22.7 Å². The second-order valence-corrected chi connectivity index (χ2v) is 5.93. The highest BCUT2D eigenvalue weighted by Crippen LogP contribution is 2.32. The third kappa shape index (κ3) is 3.25. The van der Waals surface area contributed by atoms with E-state index in [0.29, 0.717) is 6.10 Å². The molecule has 2 atom stereocenters. The lowest BCUT2D eigenvalue weighted by Crippen LogP contribution is -2.30. The Morgan fingerprint density at radius 1 is 1.29 bits per heavy atom. The lowest BCUT2D eigenvalue weighted by atomic mass is 9.84. The Morgan fingerprint density at radius 2 is 2.06 bits per heavy atom. The van der Waals surface area contributed by atoms with Crippen molar-refractivity contribution in [2.24, 2.45) is 5.92 Å². The maximum absolute atomic E-state index is 6.24. The van der Waals surface area contributed by atoms with Gasteiger partial charge >= 0.3 is 0 Å². The molecule has 0 spiro atoms. The summed E-state index contributed by atoms with van der Waals surface area (Å²) in [6.45, 7) is 4.39. The van der Waals surface area contributed by atoms with Gasteiger partial charge in [-0.2, -0.15) is 0 Å². The molecule has 1 aromatic rings. The van der Waals surface area contributed by atoms with Crippen molar-refractivity contribution < 1.29 is 4.74 Å². The fourth-order valence-corrected chi connectivity index (χ4v) is 3.00. The average Bonchev–Trinajstić information content (AvgIpc) is 2.34. The van der Waals surface area contributed by atoms with Crippen molar-refractivity contribution in [3.63, 3.8) is 0 Å². The maximum Gasteiger partial charge on any atom is 0.123 e. The van der Waals surface area contributed by atoms with Crippen LogP contribution in [0.1, 0.15) is 44.6 Å². The van der Waals surface area contributed by atoms with E-state index in [2.05, 4.69) is 48.0 Å². The fourth-order valence-electron chi connectivity index (χ4n) is 2.66. The maximum atomic E-state index is 6.24. The molecule has 2 rings (SSSR count). The minimum atomic E-state index is 0.418. The summed E-state index contributed by atoms with van der Waals surface area (Å²) < 4.78 is 7.34. The van der Waals surface area contributed by atoms with Gasteiger partial charge < -0.3 is 4.74 Å². The molecule has 0 aromatic heterocycles. The summed E-state index contributed by atoms with van der Waals surface area (Å²) in [6, 6.07) is 6.28. The van der Waals surface area contributed by atoms with Crippen LogP contribution >= 0.6 is 15.9 Å². The first-order valence-corrected chi connectivity index (χ1v) is 7.43. The van der Waals surface area contributed by atoms with Gasteiger partial charge in [0.05, 0.1) is 0 Å². The standard InChI is InChI=1S/C15H21BrO/c1-3-12-6-4-5-7-14(12)17-15-10-13(16)9-8-11(15)2/h8-10,12,14H,3-7H2,1-2H3. The van der Waals surface area contributed by atoms with Crippen molar-refractivity contribution in [3.05, 3.63) is 28.2 Å². The Hall–Kier alpha value is -0.500. The first kappa shape index (κ1) is 12.9. The molecule has 2 unspecified atom stereocenters. The number of rotatable bonds is 3. The van der Waals surface area contributed by atoms with E-state index in [1.54, 1.807) is 0 Å². The van der Waals surface area contributed by atoms with Crippen LogP contribution in [0.4, 0.5) is 0 Å². The average molecular weight is 297 g/mol. The molecule has 17 heavy (non-hydrogen) atoms. The number of benzene rings is 1. The smallest absolute Gasteiger partial charge is 0.123 e. The highest BCUT2D eigenvalue weighted by Gasteiger charge is 2.25. The van der Waals surface area contributed by atoms with Crippen LogP contribution in [0.5, 0.6) is 5.75 Å². The van der Waals surface area contributed by atoms with Crippen molar-refractivity contribution in [2.45, 2.75) is 52.1 Å². The molecule has 0 aliphatic heterocycles. The van der Waals surface area contributed by atoms with Crippen LogP contribution in [0.25, 0.3) is 0 Å². The quantitative estimate of drug-likeness (QED) is 0.753. The number of hydrogen-bond donors (Lipinski definition) is 0. The summed E-state index contributed by atoms with van der Waals surface area (Å²) in [7, 11) is 0. The van der Waals surface area contributed by atoms with E-state index < -0.39 is 0 Å². The van der Waals surface area contributed by atoms with Crippen molar-refractivity contribution in [1.82, 2.24) is 0 Å². The molecule has 0 saturated heterocycles. The van der Waals surface area contributed by atoms with E-state index in [1.807, 2.05) is 0 Å². The van der Waals surface area contributed by atoms with Gasteiger partial charge in [0.1, 0.15) is 11.9 Å². The third-order valence-corrected chi connectivity index (χ3v) is 4.29. The third-order valence-electron chi connectivity index (χ3n) is 3.79. The van der Waals surface area contributed by atoms with Crippen molar-refractivity contribution in [1.29, 1.82) is 0 Å². The molecule has 1 aliphatic rings. The second kappa shape index (κ2) is 5.90. The molecule has 0 N–H and O–H groups in total. The molecule has 1 nitrogen and oxygen atoms in total. The van der Waals surface area contributed by atoms with Crippen LogP contribution < -0.4 is 4.74 Å². The number of aryl methyl sites for hydroxylation is 1. The SMILES string of the molecule is CCC1CCCCC1Oc1cc(Br)ccc1C. The van der Waals surface area contributed by atoms with Crippen molar-refractivity contribution >= 4 is 15.9 Å². The summed E-state index contributed by atoms with van der Waals surface area (Å²) in [4.78, 5) is 0. The summed E-state index contributed by atoms with van der Waals surface area (Å²) in [5, 5.41) is 0. The van der Waals surface area contributed by atoms with Gasteiger partial charge in [0.25, 0.3) is 0 Å². The van der Waals surface area contributed by atoms with Gasteiger partial charge in [-0.1, -0.05) is 35.3 Å². The zero-order valence-corrected chi connectivity index (χ0v) is 12.3. The first-order valence-electron chi connectivity index (χ1n) is 6.63. The molecule has 1 aliphatic carbocycles. The van der Waals surface area contributed by atoms with Gasteiger partial charge in [0, 0.05) is 4.47 Å². The molecular weight excluding hydrogens is 276 g/mol. The lowest BCUT2D eigenvalue weighted by molar-refractivity contribution is 0.0896. The molecular formula is C15H21BrO. The molecule has 1 fully saturated rings. The van der Waals surface area contributed by atoms with Crippen LogP contribution in [0.2, 0.25) is 0 Å². The molecule has 1 saturated carbocycles. The molecule has 1 aromatic carbocycles. The van der Waals surface area contributed by atoms with E-state index in [-0.39, 0.29) is 0 Å². The Labute approximate surface area is 113 Å². The second-order valence-electron chi connectivity index (χ2n) is 5.02. The van der Waals surface area contributed by atoms with Crippen LogP contribution in [0.3, 0.4) is 0 Å². The Kier molecular flexibility index (Phi) is 4.49. The molecule has 0 radical (unpaired) electrons. The Morgan fingerprint density at radius 3 is 2.82 bits per heavy atom. The van der Waals surface area contributed by atoms with Crippen LogP contribution in [-0.2, 0) is 0 Å². The normalized spacial score (nSPS) is 24.6. The summed E-state index contributed by atoms with van der Waals surface area (Å²) in [6.07, 6.45) is 6.88. The van der Waals surface area contributed by atoms with E-state index in [9.17, 15) is 0 Å². The predicted octanol–water partition coefficient (Wildman–Crippen LogP) is 5.11. The van der Waals surface area contributed by atoms with Crippen molar-refractivity contribution in [2.75, 3.05) is 0 Å². The number of halogens is 1. The van der Waals surface area contributed by atoms with Gasteiger partial charge in [0.15, 0.2) is 0 Å². The zero-order valence-electron chi connectivity index (χ0n) is 10.7. The minimum absolute atomic E-state index is 0.418. The van der Waals surface area contributed by atoms with Gasteiger partial charge in [-0.05, 0) is 56.2 Å². The summed E-state index contributed by atoms with van der Waals surface area (Å²) in [5.74, 6) is 1.78. The molecule has 94 valence electrons. The highest BCUT2D eigenvalue weighted by atomic mass is 79.9. The van der Waals surface area contributed by atoms with E-state index in [1.165, 1.54) is 37.7 Å². The highest BCUT2D eigenvalue weighted by molar-refractivity contribution is 9.10. The largest absolute Gasteiger partial charge is 0.490 e.